The molecule has 2 N–H and O–H groups in total. The summed E-state index contributed by atoms with van der Waals surface area (Å²) in [5.74, 6) is 0.561. The second-order valence-electron chi connectivity index (χ2n) is 4.47. The highest BCUT2D eigenvalue weighted by atomic mass is 79.9. The van der Waals surface area contributed by atoms with Gasteiger partial charge in [-0.05, 0) is 53.4 Å². The Morgan fingerprint density at radius 1 is 1.47 bits per heavy atom. The summed E-state index contributed by atoms with van der Waals surface area (Å²) >= 11 is 3.42. The first kappa shape index (κ1) is 12.6. The Kier molecular flexibility index (Phi) is 4.18. The van der Waals surface area contributed by atoms with E-state index in [0.717, 1.165) is 36.0 Å². The molecular formula is C13H17BrN2O. The summed E-state index contributed by atoms with van der Waals surface area (Å²) in [7, 11) is 0. The first-order chi connectivity index (χ1) is 8.22. The van der Waals surface area contributed by atoms with Gasteiger partial charge in [-0.25, -0.2) is 0 Å². The molecule has 0 bridgehead atoms. The highest BCUT2D eigenvalue weighted by molar-refractivity contribution is 9.10. The van der Waals surface area contributed by atoms with E-state index in [9.17, 15) is 4.79 Å². The lowest BCUT2D eigenvalue weighted by Crippen LogP contribution is -2.42. The second-order valence-corrected chi connectivity index (χ2v) is 5.33. The first-order valence-electron chi connectivity index (χ1n) is 5.96. The number of carbonyl (C=O) groups is 1. The summed E-state index contributed by atoms with van der Waals surface area (Å²) < 4.78 is 0.861. The molecule has 1 atom stereocenters. The molecule has 1 aromatic carbocycles. The summed E-state index contributed by atoms with van der Waals surface area (Å²) in [4.78, 5) is 14.3. The molecule has 1 amide bonds. The van der Waals surface area contributed by atoms with Crippen LogP contribution in [0, 0.1) is 5.92 Å². The zero-order chi connectivity index (χ0) is 12.3. The maximum atomic E-state index is 12.3. The number of benzene rings is 1. The van der Waals surface area contributed by atoms with Crippen LogP contribution in [0.1, 0.15) is 23.2 Å². The van der Waals surface area contributed by atoms with Gasteiger partial charge in [-0.1, -0.05) is 12.1 Å². The Labute approximate surface area is 110 Å². The number of halogens is 1. The van der Waals surface area contributed by atoms with Crippen LogP contribution in [0.25, 0.3) is 0 Å². The van der Waals surface area contributed by atoms with E-state index in [1.54, 1.807) is 0 Å². The summed E-state index contributed by atoms with van der Waals surface area (Å²) in [6.07, 6.45) is 2.19. The monoisotopic (exact) mass is 296 g/mol. The van der Waals surface area contributed by atoms with E-state index in [1.807, 2.05) is 29.2 Å². The predicted molar refractivity (Wildman–Crippen MR) is 71.8 cm³/mol. The number of hydrogen-bond donors (Lipinski definition) is 1. The smallest absolute Gasteiger partial charge is 0.255 e. The zero-order valence-corrected chi connectivity index (χ0v) is 11.3. The zero-order valence-electron chi connectivity index (χ0n) is 9.73. The van der Waals surface area contributed by atoms with Gasteiger partial charge in [-0.15, -0.1) is 0 Å². The molecule has 92 valence electrons. The Hall–Kier alpha value is -0.870. The average Bonchev–Trinajstić information content (AvgIpc) is 2.38. The van der Waals surface area contributed by atoms with Crippen LogP contribution >= 0.6 is 15.9 Å². The van der Waals surface area contributed by atoms with Crippen molar-refractivity contribution in [2.24, 2.45) is 11.7 Å². The van der Waals surface area contributed by atoms with Crippen LogP contribution in [0.3, 0.4) is 0 Å². The maximum absolute atomic E-state index is 12.3. The third-order valence-corrected chi connectivity index (χ3v) is 3.94. The highest BCUT2D eigenvalue weighted by Crippen LogP contribution is 2.21. The first-order valence-corrected chi connectivity index (χ1v) is 6.75. The number of amides is 1. The van der Waals surface area contributed by atoms with Crippen molar-refractivity contribution >= 4 is 21.8 Å². The summed E-state index contributed by atoms with van der Waals surface area (Å²) in [5.41, 5.74) is 6.43. The van der Waals surface area contributed by atoms with Gasteiger partial charge in [0.15, 0.2) is 0 Å². The Morgan fingerprint density at radius 3 is 2.94 bits per heavy atom. The lowest BCUT2D eigenvalue weighted by molar-refractivity contribution is 0.0677. The van der Waals surface area contributed by atoms with Gasteiger partial charge in [0.2, 0.25) is 0 Å². The van der Waals surface area contributed by atoms with Gasteiger partial charge in [0.05, 0.1) is 5.56 Å². The van der Waals surface area contributed by atoms with Gasteiger partial charge < -0.3 is 10.6 Å². The molecule has 1 unspecified atom stereocenters. The van der Waals surface area contributed by atoms with Crippen molar-refractivity contribution in [3.8, 4) is 0 Å². The van der Waals surface area contributed by atoms with Crippen LogP contribution < -0.4 is 5.73 Å². The molecule has 1 aromatic rings. The minimum atomic E-state index is 0.107. The van der Waals surface area contributed by atoms with Crippen molar-refractivity contribution in [2.45, 2.75) is 12.8 Å². The normalized spacial score (nSPS) is 20.4. The quantitative estimate of drug-likeness (QED) is 0.910. The van der Waals surface area contributed by atoms with Crippen molar-refractivity contribution in [1.29, 1.82) is 0 Å². The Bertz CT molecular complexity index is 408. The largest absolute Gasteiger partial charge is 0.338 e. The van der Waals surface area contributed by atoms with Gasteiger partial charge in [-0.3, -0.25) is 4.79 Å². The molecule has 0 aliphatic carbocycles. The molecule has 1 aliphatic rings. The van der Waals surface area contributed by atoms with Crippen LogP contribution in [0.2, 0.25) is 0 Å². The molecule has 0 spiro atoms. The fourth-order valence-corrected chi connectivity index (χ4v) is 2.70. The van der Waals surface area contributed by atoms with Crippen LogP contribution in [0.4, 0.5) is 0 Å². The van der Waals surface area contributed by atoms with Crippen molar-refractivity contribution in [3.05, 3.63) is 34.3 Å². The van der Waals surface area contributed by atoms with Crippen LogP contribution in [0.15, 0.2) is 28.7 Å². The molecule has 2 rings (SSSR count). The predicted octanol–water partition coefficient (Wildman–Crippen LogP) is 2.26. The van der Waals surface area contributed by atoms with E-state index < -0.39 is 0 Å². The number of nitrogens with two attached hydrogens (primary N) is 1. The van der Waals surface area contributed by atoms with E-state index in [-0.39, 0.29) is 5.91 Å². The molecule has 1 heterocycles. The molecule has 17 heavy (non-hydrogen) atoms. The lowest BCUT2D eigenvalue weighted by atomic mass is 9.97. The molecule has 0 saturated carbocycles. The number of nitrogens with zero attached hydrogens (tertiary/aromatic N) is 1. The number of piperidine rings is 1. The second kappa shape index (κ2) is 5.65. The summed E-state index contributed by atoms with van der Waals surface area (Å²) in [6, 6.07) is 7.57. The number of carbonyl (C=O) groups excluding carboxylic acids is 1. The molecule has 3 nitrogen and oxygen atoms in total. The molecular weight excluding hydrogens is 280 g/mol. The van der Waals surface area contributed by atoms with Crippen molar-refractivity contribution in [1.82, 2.24) is 4.90 Å². The minimum Gasteiger partial charge on any atom is -0.338 e. The van der Waals surface area contributed by atoms with Gasteiger partial charge in [-0.2, -0.15) is 0 Å². The summed E-state index contributed by atoms with van der Waals surface area (Å²) in [5, 5.41) is 0. The third-order valence-electron chi connectivity index (χ3n) is 3.24. The van der Waals surface area contributed by atoms with Crippen molar-refractivity contribution in [3.63, 3.8) is 0 Å². The number of likely N-dealkylation sites (tertiary alicyclic amines) is 1. The van der Waals surface area contributed by atoms with Crippen molar-refractivity contribution < 1.29 is 4.79 Å². The molecule has 0 aromatic heterocycles. The summed E-state index contributed by atoms with van der Waals surface area (Å²) in [6.45, 7) is 2.30. The highest BCUT2D eigenvalue weighted by Gasteiger charge is 2.24. The third kappa shape index (κ3) is 2.87. The maximum Gasteiger partial charge on any atom is 0.255 e. The van der Waals surface area contributed by atoms with Crippen molar-refractivity contribution in [2.75, 3.05) is 19.6 Å². The topological polar surface area (TPSA) is 46.3 Å². The molecule has 1 saturated heterocycles. The fraction of sp³-hybridized carbons (Fsp3) is 0.462. The van der Waals surface area contributed by atoms with Gasteiger partial charge in [0.25, 0.3) is 5.91 Å². The SMILES string of the molecule is NCC1CCCN(C(=O)c2ccccc2Br)C1. The Balaban J connectivity index is 2.12. The van der Waals surface area contributed by atoms with Gasteiger partial charge in [0.1, 0.15) is 0 Å². The molecule has 1 fully saturated rings. The number of hydrogen-bond acceptors (Lipinski definition) is 2. The van der Waals surface area contributed by atoms with Crippen LogP contribution in [-0.2, 0) is 0 Å². The minimum absolute atomic E-state index is 0.107. The van der Waals surface area contributed by atoms with E-state index in [2.05, 4.69) is 15.9 Å². The molecule has 1 aliphatic heterocycles. The van der Waals surface area contributed by atoms with Gasteiger partial charge >= 0.3 is 0 Å². The van der Waals surface area contributed by atoms with E-state index in [1.165, 1.54) is 0 Å². The fourth-order valence-electron chi connectivity index (χ4n) is 2.25. The van der Waals surface area contributed by atoms with E-state index >= 15 is 0 Å². The Morgan fingerprint density at radius 2 is 2.24 bits per heavy atom. The number of rotatable bonds is 2. The molecule has 0 radical (unpaired) electrons. The van der Waals surface area contributed by atoms with E-state index in [4.69, 9.17) is 5.73 Å². The average molecular weight is 297 g/mol. The van der Waals surface area contributed by atoms with Crippen LogP contribution in [-0.4, -0.2) is 30.4 Å². The van der Waals surface area contributed by atoms with Crippen LogP contribution in [0.5, 0.6) is 0 Å². The van der Waals surface area contributed by atoms with Gasteiger partial charge in [0, 0.05) is 17.6 Å². The van der Waals surface area contributed by atoms with E-state index in [0.29, 0.717) is 12.5 Å². The lowest BCUT2D eigenvalue weighted by Gasteiger charge is -2.32. The standard InChI is InChI=1S/C13H17BrN2O/c14-12-6-2-1-5-11(12)13(17)16-7-3-4-10(8-15)9-16/h1-2,5-6,10H,3-4,7-9,15H2. The molecule has 4 heteroatoms.